The zero-order chi connectivity index (χ0) is 21.5. The number of carboxylic acids is 1. The molecule has 0 bridgehead atoms. The summed E-state index contributed by atoms with van der Waals surface area (Å²) in [5, 5.41) is 16.4. The number of nitrogens with one attached hydrogen (secondary N) is 2. The first-order valence-corrected chi connectivity index (χ1v) is 10.1. The Hall–Kier alpha value is -3.84. The third kappa shape index (κ3) is 3.49. The van der Waals surface area contributed by atoms with Crippen LogP contribution in [0.5, 0.6) is 0 Å². The fourth-order valence-corrected chi connectivity index (χ4v) is 4.03. The summed E-state index contributed by atoms with van der Waals surface area (Å²) in [6.07, 6.45) is 2.04. The van der Waals surface area contributed by atoms with E-state index in [1.165, 1.54) is 0 Å². The molecule has 152 valence electrons. The number of benzene rings is 3. The number of rotatable bonds is 4. The van der Waals surface area contributed by atoms with Crippen molar-refractivity contribution < 1.29 is 14.7 Å². The number of hydrogen-bond acceptors (Lipinski definition) is 5. The summed E-state index contributed by atoms with van der Waals surface area (Å²) >= 11 is 4.55. The Labute approximate surface area is 183 Å². The monoisotopic (exact) mass is 427 g/mol. The maximum absolute atomic E-state index is 11.7. The van der Waals surface area contributed by atoms with Crippen molar-refractivity contribution in [3.63, 3.8) is 0 Å². The first-order valence-electron chi connectivity index (χ1n) is 9.64. The Kier molecular flexibility index (Phi) is 4.60. The van der Waals surface area contributed by atoms with Gasteiger partial charge in [-0.05, 0) is 47.0 Å². The molecule has 3 aromatic carbocycles. The average molecular weight is 427 g/mol. The van der Waals surface area contributed by atoms with Crippen LogP contribution in [0.2, 0.25) is 0 Å². The second-order valence-electron chi connectivity index (χ2n) is 7.32. The Morgan fingerprint density at radius 1 is 1.06 bits per heavy atom. The van der Waals surface area contributed by atoms with Crippen molar-refractivity contribution in [3.8, 4) is 11.1 Å². The molecule has 5 rings (SSSR count). The number of amides is 1. The van der Waals surface area contributed by atoms with Gasteiger partial charge in [0.1, 0.15) is 0 Å². The maximum atomic E-state index is 11.7. The van der Waals surface area contributed by atoms with Gasteiger partial charge in [-0.3, -0.25) is 9.78 Å². The van der Waals surface area contributed by atoms with E-state index in [1.807, 2.05) is 36.4 Å². The van der Waals surface area contributed by atoms with Crippen LogP contribution in [0.1, 0.15) is 15.9 Å². The smallest absolute Gasteiger partial charge is 0.337 e. The zero-order valence-corrected chi connectivity index (χ0v) is 17.1. The van der Waals surface area contributed by atoms with Gasteiger partial charge in [0.15, 0.2) is 0 Å². The topological polar surface area (TPSA) is 91.3 Å². The third-order valence-corrected chi connectivity index (χ3v) is 5.67. The highest BCUT2D eigenvalue weighted by Crippen LogP contribution is 2.36. The van der Waals surface area contributed by atoms with Crippen molar-refractivity contribution in [2.24, 2.45) is 0 Å². The van der Waals surface area contributed by atoms with E-state index < -0.39 is 5.97 Å². The molecule has 2 heterocycles. The highest BCUT2D eigenvalue weighted by Gasteiger charge is 2.18. The number of aromatic nitrogens is 1. The van der Waals surface area contributed by atoms with E-state index in [1.54, 1.807) is 30.5 Å². The third-order valence-electron chi connectivity index (χ3n) is 5.33. The van der Waals surface area contributed by atoms with Crippen LogP contribution in [-0.4, -0.2) is 22.0 Å². The molecule has 7 heteroatoms. The molecule has 0 unspecified atom stereocenters. The van der Waals surface area contributed by atoms with Crippen LogP contribution in [0.15, 0.2) is 71.8 Å². The van der Waals surface area contributed by atoms with Gasteiger partial charge in [-0.1, -0.05) is 30.3 Å². The van der Waals surface area contributed by atoms with Gasteiger partial charge in [0.2, 0.25) is 5.91 Å². The number of carbonyl (C=O) groups is 2. The normalized spacial score (nSPS) is 12.5. The number of para-hydroxylation sites is 1. The van der Waals surface area contributed by atoms with E-state index in [9.17, 15) is 14.7 Å². The lowest BCUT2D eigenvalue weighted by Gasteiger charge is -2.15. The molecule has 0 saturated carbocycles. The van der Waals surface area contributed by atoms with E-state index in [2.05, 4.69) is 28.2 Å². The molecule has 4 aromatic rings. The van der Waals surface area contributed by atoms with Crippen LogP contribution >= 0.6 is 12.6 Å². The number of pyridine rings is 1. The number of fused-ring (bicyclic) bond motifs is 2. The summed E-state index contributed by atoms with van der Waals surface area (Å²) in [5.74, 6) is -1.01. The highest BCUT2D eigenvalue weighted by atomic mass is 32.1. The molecule has 1 aliphatic rings. The van der Waals surface area contributed by atoms with Gasteiger partial charge in [-0.15, -0.1) is 12.6 Å². The quantitative estimate of drug-likeness (QED) is 0.339. The number of carboxylic acid groups (broad SMARTS) is 1. The lowest BCUT2D eigenvalue weighted by Crippen LogP contribution is -2.03. The number of thiol groups is 1. The van der Waals surface area contributed by atoms with E-state index >= 15 is 0 Å². The van der Waals surface area contributed by atoms with Crippen molar-refractivity contribution in [1.29, 1.82) is 0 Å². The minimum Gasteiger partial charge on any atom is -0.478 e. The van der Waals surface area contributed by atoms with Crippen LogP contribution in [0.4, 0.5) is 17.1 Å². The van der Waals surface area contributed by atoms with Crippen molar-refractivity contribution in [2.45, 2.75) is 11.3 Å². The van der Waals surface area contributed by atoms with Gasteiger partial charge in [-0.25, -0.2) is 4.79 Å². The minimum absolute atomic E-state index is 0.00170. The summed E-state index contributed by atoms with van der Waals surface area (Å²) in [4.78, 5) is 28.3. The Balaban J connectivity index is 1.62. The Bertz CT molecular complexity index is 1380. The number of aromatic carboxylic acids is 1. The molecule has 0 spiro atoms. The van der Waals surface area contributed by atoms with Crippen molar-refractivity contribution in [2.75, 3.05) is 10.6 Å². The molecule has 0 saturated heterocycles. The van der Waals surface area contributed by atoms with Gasteiger partial charge >= 0.3 is 5.97 Å². The van der Waals surface area contributed by atoms with Crippen molar-refractivity contribution in [1.82, 2.24) is 4.98 Å². The lowest BCUT2D eigenvalue weighted by atomic mass is 10.00. The summed E-state index contributed by atoms with van der Waals surface area (Å²) in [6.45, 7) is 0. The van der Waals surface area contributed by atoms with Gasteiger partial charge < -0.3 is 15.7 Å². The predicted molar refractivity (Wildman–Crippen MR) is 123 cm³/mol. The summed E-state index contributed by atoms with van der Waals surface area (Å²) in [7, 11) is 0. The van der Waals surface area contributed by atoms with Crippen molar-refractivity contribution >= 4 is 52.5 Å². The molecule has 31 heavy (non-hydrogen) atoms. The van der Waals surface area contributed by atoms with Gasteiger partial charge in [-0.2, -0.15) is 0 Å². The fraction of sp³-hybridized carbons (Fsp3) is 0.0417. The van der Waals surface area contributed by atoms with Gasteiger partial charge in [0, 0.05) is 22.2 Å². The van der Waals surface area contributed by atoms with Crippen LogP contribution in [-0.2, 0) is 11.2 Å². The summed E-state index contributed by atoms with van der Waals surface area (Å²) in [5.41, 5.74) is 5.81. The van der Waals surface area contributed by atoms with E-state index in [4.69, 9.17) is 0 Å². The largest absolute Gasteiger partial charge is 0.478 e. The summed E-state index contributed by atoms with van der Waals surface area (Å²) < 4.78 is 0. The first-order chi connectivity index (χ1) is 15.0. The molecule has 0 aliphatic carbocycles. The SMILES string of the molecule is O=C1Cc2ccc(-c3ccc4ncc(S)c(Nc5ccccc5C(=O)O)c4c3)cc2N1. The molecular formula is C24H17N3O3S. The van der Waals surface area contributed by atoms with Crippen LogP contribution in [0.25, 0.3) is 22.0 Å². The van der Waals surface area contributed by atoms with Crippen molar-refractivity contribution in [3.05, 3.63) is 78.0 Å². The van der Waals surface area contributed by atoms with Crippen LogP contribution < -0.4 is 10.6 Å². The average Bonchev–Trinajstić information content (AvgIpc) is 3.14. The Morgan fingerprint density at radius 2 is 1.84 bits per heavy atom. The molecule has 1 aliphatic heterocycles. The van der Waals surface area contributed by atoms with Gasteiger partial charge in [0.05, 0.1) is 28.9 Å². The zero-order valence-electron chi connectivity index (χ0n) is 16.2. The molecule has 0 fully saturated rings. The molecular weight excluding hydrogens is 410 g/mol. The number of hydrogen-bond donors (Lipinski definition) is 4. The number of nitrogens with zero attached hydrogens (tertiary/aromatic N) is 1. The summed E-state index contributed by atoms with van der Waals surface area (Å²) in [6, 6.07) is 18.5. The second kappa shape index (κ2) is 7.45. The minimum atomic E-state index is -1.01. The second-order valence-corrected chi connectivity index (χ2v) is 7.80. The molecule has 1 amide bonds. The van der Waals surface area contributed by atoms with E-state index in [0.717, 1.165) is 33.3 Å². The van der Waals surface area contributed by atoms with Crippen LogP contribution in [0.3, 0.4) is 0 Å². The predicted octanol–water partition coefficient (Wildman–Crippen LogP) is 5.13. The first kappa shape index (κ1) is 19.1. The van der Waals surface area contributed by atoms with E-state index in [-0.39, 0.29) is 11.5 Å². The fourth-order valence-electron chi connectivity index (χ4n) is 3.80. The maximum Gasteiger partial charge on any atom is 0.337 e. The molecule has 3 N–H and O–H groups in total. The number of anilines is 3. The molecule has 0 atom stereocenters. The molecule has 1 aromatic heterocycles. The van der Waals surface area contributed by atoms with E-state index in [0.29, 0.717) is 22.7 Å². The van der Waals surface area contributed by atoms with Gasteiger partial charge in [0.25, 0.3) is 0 Å². The molecule has 0 radical (unpaired) electrons. The standard InChI is InChI=1S/C24H17N3O3S/c28-22-11-15-6-5-14(10-20(15)26-22)13-7-8-18-17(9-13)23(21(31)12-25-18)27-19-4-2-1-3-16(19)24(29)30/h1-10,12,31H,11H2,(H,25,27)(H,26,28)(H,29,30). The van der Waals surface area contributed by atoms with Crippen LogP contribution in [0, 0.1) is 0 Å². The lowest BCUT2D eigenvalue weighted by molar-refractivity contribution is -0.115. The molecule has 6 nitrogen and oxygen atoms in total. The highest BCUT2D eigenvalue weighted by molar-refractivity contribution is 7.80. The Morgan fingerprint density at radius 3 is 2.68 bits per heavy atom. The number of carbonyl (C=O) groups excluding carboxylic acids is 1.